The Morgan fingerprint density at radius 3 is 2.86 bits per heavy atom. The number of anilines is 2. The summed E-state index contributed by atoms with van der Waals surface area (Å²) < 4.78 is 13.7. The van der Waals surface area contributed by atoms with Crippen molar-refractivity contribution in [3.63, 3.8) is 0 Å². The van der Waals surface area contributed by atoms with Gasteiger partial charge in [-0.15, -0.1) is 0 Å². The molecule has 106 valence electrons. The van der Waals surface area contributed by atoms with Gasteiger partial charge in [-0.3, -0.25) is 0 Å². The number of rotatable bonds is 3. The predicted octanol–water partition coefficient (Wildman–Crippen LogP) is 3.80. The Kier molecular flexibility index (Phi) is 3.23. The Balaban J connectivity index is 2.00. The van der Waals surface area contributed by atoms with Crippen molar-refractivity contribution in [2.24, 2.45) is 0 Å². The largest absolute Gasteiger partial charge is 0.478 e. The van der Waals surface area contributed by atoms with Gasteiger partial charge in [0, 0.05) is 0 Å². The fourth-order valence-corrected chi connectivity index (χ4v) is 2.15. The van der Waals surface area contributed by atoms with E-state index in [4.69, 9.17) is 16.7 Å². The molecule has 1 aromatic heterocycles. The summed E-state index contributed by atoms with van der Waals surface area (Å²) in [4.78, 5) is 18.0. The molecule has 3 aromatic rings. The molecule has 1 heterocycles. The van der Waals surface area contributed by atoms with Crippen molar-refractivity contribution in [3.8, 4) is 0 Å². The van der Waals surface area contributed by atoms with Gasteiger partial charge in [0.05, 0.1) is 27.3 Å². The minimum atomic E-state index is -1.03. The SMILES string of the molecule is O=C(O)c1ccc2nc(Nc3c(F)cccc3Cl)[nH]c2c1. The number of carboxylic acids is 1. The van der Waals surface area contributed by atoms with Crippen LogP contribution in [0.3, 0.4) is 0 Å². The molecule has 0 saturated heterocycles. The molecule has 2 aromatic carbocycles. The maximum Gasteiger partial charge on any atom is 0.335 e. The van der Waals surface area contributed by atoms with Gasteiger partial charge in [-0.2, -0.15) is 0 Å². The number of hydrogen-bond acceptors (Lipinski definition) is 3. The van der Waals surface area contributed by atoms with Crippen LogP contribution in [0.1, 0.15) is 10.4 Å². The van der Waals surface area contributed by atoms with E-state index in [2.05, 4.69) is 15.3 Å². The number of nitrogens with one attached hydrogen (secondary N) is 2. The number of imidazole rings is 1. The maximum atomic E-state index is 13.7. The van der Waals surface area contributed by atoms with E-state index in [-0.39, 0.29) is 22.2 Å². The van der Waals surface area contributed by atoms with E-state index in [0.29, 0.717) is 11.0 Å². The molecule has 7 heteroatoms. The van der Waals surface area contributed by atoms with Crippen LogP contribution in [0.15, 0.2) is 36.4 Å². The topological polar surface area (TPSA) is 78.0 Å². The maximum absolute atomic E-state index is 13.7. The second kappa shape index (κ2) is 5.06. The molecule has 3 N–H and O–H groups in total. The Labute approximate surface area is 123 Å². The second-order valence-corrected chi connectivity index (χ2v) is 4.75. The van der Waals surface area contributed by atoms with Gasteiger partial charge in [-0.05, 0) is 30.3 Å². The highest BCUT2D eigenvalue weighted by Gasteiger charge is 2.11. The summed E-state index contributed by atoms with van der Waals surface area (Å²) in [5, 5.41) is 11.9. The lowest BCUT2D eigenvalue weighted by atomic mass is 10.2. The van der Waals surface area contributed by atoms with Gasteiger partial charge in [0.25, 0.3) is 0 Å². The molecule has 5 nitrogen and oxygen atoms in total. The highest BCUT2D eigenvalue weighted by atomic mass is 35.5. The molecule has 0 aliphatic carbocycles. The lowest BCUT2D eigenvalue weighted by Gasteiger charge is -2.05. The number of H-pyrrole nitrogens is 1. The van der Waals surface area contributed by atoms with Crippen molar-refractivity contribution in [3.05, 3.63) is 52.8 Å². The number of para-hydroxylation sites is 1. The van der Waals surface area contributed by atoms with Gasteiger partial charge in [-0.1, -0.05) is 17.7 Å². The van der Waals surface area contributed by atoms with Crippen LogP contribution in [0.5, 0.6) is 0 Å². The molecule has 21 heavy (non-hydrogen) atoms. The number of carbonyl (C=O) groups is 1. The zero-order valence-electron chi connectivity index (χ0n) is 10.5. The van der Waals surface area contributed by atoms with E-state index in [1.54, 1.807) is 12.1 Å². The molecule has 0 spiro atoms. The predicted molar refractivity (Wildman–Crippen MR) is 77.7 cm³/mol. The van der Waals surface area contributed by atoms with Crippen LogP contribution < -0.4 is 5.32 Å². The number of aromatic carboxylic acids is 1. The number of aromatic nitrogens is 2. The van der Waals surface area contributed by atoms with Gasteiger partial charge in [0.2, 0.25) is 5.95 Å². The first-order valence-corrected chi connectivity index (χ1v) is 6.36. The Bertz CT molecular complexity index is 827. The van der Waals surface area contributed by atoms with Gasteiger partial charge in [0.15, 0.2) is 0 Å². The molecule has 0 aliphatic rings. The smallest absolute Gasteiger partial charge is 0.335 e. The number of benzene rings is 2. The van der Waals surface area contributed by atoms with Gasteiger partial charge < -0.3 is 15.4 Å². The van der Waals surface area contributed by atoms with E-state index in [1.807, 2.05) is 0 Å². The number of fused-ring (bicyclic) bond motifs is 1. The van der Waals surface area contributed by atoms with E-state index >= 15 is 0 Å². The summed E-state index contributed by atoms with van der Waals surface area (Å²) >= 11 is 5.92. The Hall–Kier alpha value is -2.60. The van der Waals surface area contributed by atoms with Gasteiger partial charge >= 0.3 is 5.97 Å². The van der Waals surface area contributed by atoms with E-state index in [0.717, 1.165) is 0 Å². The number of carboxylic acid groups (broad SMARTS) is 1. The standard InChI is InChI=1S/C14H9ClFN3O2/c15-8-2-1-3-9(16)12(8)19-14-17-10-5-4-7(13(20)21)6-11(10)18-14/h1-6H,(H,20,21)(H2,17,18,19). The molecular weight excluding hydrogens is 297 g/mol. The highest BCUT2D eigenvalue weighted by Crippen LogP contribution is 2.28. The third-order valence-corrected chi connectivity index (χ3v) is 3.25. The van der Waals surface area contributed by atoms with Crippen molar-refractivity contribution < 1.29 is 14.3 Å². The first-order valence-electron chi connectivity index (χ1n) is 5.98. The molecule has 0 atom stereocenters. The van der Waals surface area contributed by atoms with Crippen LogP contribution >= 0.6 is 11.6 Å². The van der Waals surface area contributed by atoms with Crippen LogP contribution in [-0.2, 0) is 0 Å². The third-order valence-electron chi connectivity index (χ3n) is 2.93. The summed E-state index contributed by atoms with van der Waals surface area (Å²) in [6.07, 6.45) is 0. The van der Waals surface area contributed by atoms with Crippen molar-refractivity contribution in [2.75, 3.05) is 5.32 Å². The van der Waals surface area contributed by atoms with Crippen LogP contribution in [0.2, 0.25) is 5.02 Å². The minimum absolute atomic E-state index is 0.108. The summed E-state index contributed by atoms with van der Waals surface area (Å²) in [5.74, 6) is -1.26. The summed E-state index contributed by atoms with van der Waals surface area (Å²) in [5.41, 5.74) is 1.35. The van der Waals surface area contributed by atoms with E-state index in [9.17, 15) is 9.18 Å². The average Bonchev–Trinajstić information content (AvgIpc) is 2.84. The lowest BCUT2D eigenvalue weighted by molar-refractivity contribution is 0.0697. The molecule has 3 rings (SSSR count). The summed E-state index contributed by atoms with van der Waals surface area (Å²) in [6.45, 7) is 0. The molecule has 0 radical (unpaired) electrons. The highest BCUT2D eigenvalue weighted by molar-refractivity contribution is 6.33. The normalized spacial score (nSPS) is 10.8. The van der Waals surface area contributed by atoms with Crippen molar-refractivity contribution >= 4 is 40.2 Å². The second-order valence-electron chi connectivity index (χ2n) is 4.34. The first kappa shape index (κ1) is 13.4. The quantitative estimate of drug-likeness (QED) is 0.688. The molecule has 0 fully saturated rings. The summed E-state index contributed by atoms with van der Waals surface area (Å²) in [7, 11) is 0. The molecule has 0 amide bonds. The van der Waals surface area contributed by atoms with Crippen LogP contribution in [0, 0.1) is 5.82 Å². The van der Waals surface area contributed by atoms with Crippen molar-refractivity contribution in [2.45, 2.75) is 0 Å². The lowest BCUT2D eigenvalue weighted by Crippen LogP contribution is -1.96. The van der Waals surface area contributed by atoms with Gasteiger partial charge in [-0.25, -0.2) is 14.2 Å². The van der Waals surface area contributed by atoms with Crippen molar-refractivity contribution in [1.82, 2.24) is 9.97 Å². The minimum Gasteiger partial charge on any atom is -0.478 e. The monoisotopic (exact) mass is 305 g/mol. The van der Waals surface area contributed by atoms with Crippen LogP contribution in [0.4, 0.5) is 16.0 Å². The van der Waals surface area contributed by atoms with Gasteiger partial charge in [0.1, 0.15) is 5.82 Å². The average molecular weight is 306 g/mol. The van der Waals surface area contributed by atoms with Crippen LogP contribution in [-0.4, -0.2) is 21.0 Å². The molecule has 0 aliphatic heterocycles. The summed E-state index contributed by atoms with van der Waals surface area (Å²) in [6, 6.07) is 8.81. The van der Waals surface area contributed by atoms with E-state index < -0.39 is 11.8 Å². The first-order chi connectivity index (χ1) is 10.0. The zero-order valence-corrected chi connectivity index (χ0v) is 11.3. The Morgan fingerprint density at radius 2 is 2.14 bits per heavy atom. The van der Waals surface area contributed by atoms with E-state index in [1.165, 1.54) is 24.3 Å². The number of halogens is 2. The third kappa shape index (κ3) is 2.53. The Morgan fingerprint density at radius 1 is 1.33 bits per heavy atom. The molecule has 0 bridgehead atoms. The fourth-order valence-electron chi connectivity index (χ4n) is 1.94. The van der Waals surface area contributed by atoms with Crippen molar-refractivity contribution in [1.29, 1.82) is 0 Å². The zero-order chi connectivity index (χ0) is 15.0. The number of hydrogen-bond donors (Lipinski definition) is 3. The molecule has 0 saturated carbocycles. The van der Waals surface area contributed by atoms with Crippen LogP contribution in [0.25, 0.3) is 11.0 Å². The number of nitrogens with zero attached hydrogens (tertiary/aromatic N) is 1. The molecular formula is C14H9ClFN3O2. The molecule has 0 unspecified atom stereocenters. The number of aromatic amines is 1. The fraction of sp³-hybridized carbons (Fsp3) is 0.